The lowest BCUT2D eigenvalue weighted by atomic mass is 10.0. The molecule has 0 aliphatic rings. The molecule has 0 aliphatic carbocycles. The molecule has 0 aromatic rings. The lowest BCUT2D eigenvalue weighted by Crippen LogP contribution is -2.45. The maximum Gasteiger partial charge on any atom is 0.472 e. The number of quaternary nitrogens is 1. The summed E-state index contributed by atoms with van der Waals surface area (Å²) < 4.78 is 23.8. The first-order chi connectivity index (χ1) is 39.0. The fraction of sp³-hybridized carbons (Fsp3) is 0.789. The molecule has 3 unspecified atom stereocenters. The zero-order valence-electron chi connectivity index (χ0n) is 53.3. The quantitative estimate of drug-likeness (QED) is 0.0243. The van der Waals surface area contributed by atoms with Crippen LogP contribution in [0.5, 0.6) is 0 Å². The third-order valence-electron chi connectivity index (χ3n) is 15.1. The van der Waals surface area contributed by atoms with E-state index in [1.807, 2.05) is 27.2 Å². The summed E-state index contributed by atoms with van der Waals surface area (Å²) in [5.74, 6) is -0.184. The number of hydrogen-bond donors (Lipinski definition) is 3. The molecule has 0 spiro atoms. The van der Waals surface area contributed by atoms with Gasteiger partial charge in [0.1, 0.15) is 13.2 Å². The van der Waals surface area contributed by atoms with Crippen LogP contribution >= 0.6 is 7.82 Å². The minimum absolute atomic E-state index is 0.0552. The van der Waals surface area contributed by atoms with Crippen molar-refractivity contribution in [1.29, 1.82) is 0 Å². The maximum atomic E-state index is 13.0. The van der Waals surface area contributed by atoms with Gasteiger partial charge in [-0.1, -0.05) is 311 Å². The van der Waals surface area contributed by atoms with Crippen LogP contribution in [0.3, 0.4) is 0 Å². The SMILES string of the molecule is CC/C=C\C/C=C\C/C=C\C/C=C\C/C=C\CCCCCCCCCCCCCCCCCCCCCC(=O)NC(COP(=O)(O)OCC[N+](C)(C)C)C(O)/C=C/CC/C=C/CCCCCCCCCCCCCCCCCCC. The van der Waals surface area contributed by atoms with E-state index in [0.29, 0.717) is 17.4 Å². The van der Waals surface area contributed by atoms with Crippen LogP contribution in [-0.2, 0) is 18.4 Å². The van der Waals surface area contributed by atoms with E-state index in [0.717, 1.165) is 70.6 Å². The third-order valence-corrected chi connectivity index (χ3v) is 16.1. The number of amides is 1. The monoisotopic (exact) mass is 1140 g/mol. The fourth-order valence-electron chi connectivity index (χ4n) is 9.85. The number of aliphatic hydroxyl groups excluding tert-OH is 1. The normalized spacial score (nSPS) is 14.2. The van der Waals surface area contributed by atoms with Crippen molar-refractivity contribution < 1.29 is 32.9 Å². The van der Waals surface area contributed by atoms with Gasteiger partial charge in [0.05, 0.1) is 39.9 Å². The molecule has 0 saturated heterocycles. The molecule has 466 valence electrons. The molecule has 80 heavy (non-hydrogen) atoms. The van der Waals surface area contributed by atoms with Crippen LogP contribution in [0.25, 0.3) is 0 Å². The van der Waals surface area contributed by atoms with E-state index >= 15 is 0 Å². The Balaban J connectivity index is 4.08. The number of aliphatic hydroxyl groups is 1. The number of allylic oxidation sites excluding steroid dienone is 13. The van der Waals surface area contributed by atoms with Crippen LogP contribution in [0.4, 0.5) is 0 Å². The highest BCUT2D eigenvalue weighted by Gasteiger charge is 2.28. The first-order valence-corrected chi connectivity index (χ1v) is 35.5. The number of hydrogen-bond acceptors (Lipinski definition) is 5. The molecule has 0 aromatic heterocycles. The first-order valence-electron chi connectivity index (χ1n) is 34.0. The van der Waals surface area contributed by atoms with Gasteiger partial charge in [-0.3, -0.25) is 13.8 Å². The first kappa shape index (κ1) is 77.7. The lowest BCUT2D eigenvalue weighted by Gasteiger charge is -2.25. The number of phosphoric acid groups is 1. The molecule has 3 atom stereocenters. The van der Waals surface area contributed by atoms with Crippen LogP contribution in [0.2, 0.25) is 0 Å². The van der Waals surface area contributed by atoms with Gasteiger partial charge in [-0.25, -0.2) is 4.57 Å². The molecular formula is C71H132N2O6P+. The minimum Gasteiger partial charge on any atom is -0.387 e. The van der Waals surface area contributed by atoms with Crippen LogP contribution in [0, 0.1) is 0 Å². The molecule has 3 N–H and O–H groups in total. The number of likely N-dealkylation sites (N-methyl/N-ethyl adjacent to an activating group) is 1. The molecule has 0 aromatic carbocycles. The number of carbonyl (C=O) groups excluding carboxylic acids is 1. The van der Waals surface area contributed by atoms with Crippen LogP contribution in [-0.4, -0.2) is 73.4 Å². The van der Waals surface area contributed by atoms with E-state index in [1.54, 1.807) is 6.08 Å². The van der Waals surface area contributed by atoms with Crippen LogP contribution in [0.1, 0.15) is 309 Å². The van der Waals surface area contributed by atoms with Crippen molar-refractivity contribution in [2.45, 2.75) is 321 Å². The molecule has 0 bridgehead atoms. The molecule has 0 radical (unpaired) electrons. The van der Waals surface area contributed by atoms with E-state index in [9.17, 15) is 19.4 Å². The second-order valence-corrected chi connectivity index (χ2v) is 25.6. The summed E-state index contributed by atoms with van der Waals surface area (Å²) in [6.07, 6.45) is 87.3. The minimum atomic E-state index is -4.36. The van der Waals surface area contributed by atoms with Gasteiger partial charge in [-0.15, -0.1) is 0 Å². The van der Waals surface area contributed by atoms with Crippen molar-refractivity contribution in [3.05, 3.63) is 85.1 Å². The number of rotatable bonds is 62. The lowest BCUT2D eigenvalue weighted by molar-refractivity contribution is -0.870. The van der Waals surface area contributed by atoms with Gasteiger partial charge in [0.2, 0.25) is 5.91 Å². The predicted octanol–water partition coefficient (Wildman–Crippen LogP) is 21.5. The highest BCUT2D eigenvalue weighted by molar-refractivity contribution is 7.47. The Bertz CT molecular complexity index is 1580. The standard InChI is InChI=1S/C71H131N2O6P/c1-6-8-10-12-14-16-18-20-22-24-26-28-30-31-32-33-34-35-36-37-38-39-40-41-43-45-47-49-51-53-55-57-59-61-63-65-71(75)72-69(68-79-80(76,77)78-67-66-73(3,4)5)70(74)64-62-60-58-56-54-52-50-48-46-44-42-29-27-25-23-21-19-17-15-13-11-9-7-2/h8,10,14,16,20,22,26,28,31-32,54,56,62,64,69-70,74H,6-7,9,11-13,15,17-19,21,23-25,27,29-30,33-53,55,57-61,63,65-68H2,1-5H3,(H-,72,75,76,77)/p+1/b10-8-,16-14-,22-20-,28-26-,32-31-,56-54+,64-62+. The highest BCUT2D eigenvalue weighted by atomic mass is 31.2. The van der Waals surface area contributed by atoms with Gasteiger partial charge >= 0.3 is 7.82 Å². The predicted molar refractivity (Wildman–Crippen MR) is 350 cm³/mol. The summed E-state index contributed by atoms with van der Waals surface area (Å²) in [5, 5.41) is 14.0. The van der Waals surface area contributed by atoms with Gasteiger partial charge < -0.3 is 19.8 Å². The molecule has 8 nitrogen and oxygen atoms in total. The van der Waals surface area contributed by atoms with Crippen molar-refractivity contribution >= 4 is 13.7 Å². The highest BCUT2D eigenvalue weighted by Crippen LogP contribution is 2.43. The van der Waals surface area contributed by atoms with Gasteiger partial charge in [-0.2, -0.15) is 0 Å². The molecular weight excluding hydrogens is 1010 g/mol. The molecule has 0 rings (SSSR count). The average Bonchev–Trinajstić information content (AvgIpc) is 3.42. The summed E-state index contributed by atoms with van der Waals surface area (Å²) in [7, 11) is 1.56. The van der Waals surface area contributed by atoms with Gasteiger partial charge in [0, 0.05) is 6.42 Å². The topological polar surface area (TPSA) is 105 Å². The Morgan fingerprint density at radius 1 is 0.438 bits per heavy atom. The van der Waals surface area contributed by atoms with E-state index in [1.165, 1.54) is 218 Å². The Hall–Kier alpha value is -2.32. The molecule has 0 aliphatic heterocycles. The average molecular weight is 1140 g/mol. The van der Waals surface area contributed by atoms with Crippen molar-refractivity contribution in [3.8, 4) is 0 Å². The second-order valence-electron chi connectivity index (χ2n) is 24.2. The van der Waals surface area contributed by atoms with Gasteiger partial charge in [-0.05, 0) is 77.0 Å². The van der Waals surface area contributed by atoms with Crippen molar-refractivity contribution in [2.75, 3.05) is 40.9 Å². The zero-order chi connectivity index (χ0) is 58.4. The zero-order valence-corrected chi connectivity index (χ0v) is 54.2. The summed E-state index contributed by atoms with van der Waals surface area (Å²) in [6, 6.07) is -0.867. The fourth-order valence-corrected chi connectivity index (χ4v) is 10.6. The Kier molecular flexibility index (Phi) is 59.5. The van der Waals surface area contributed by atoms with Crippen molar-refractivity contribution in [1.82, 2.24) is 5.32 Å². The smallest absolute Gasteiger partial charge is 0.387 e. The van der Waals surface area contributed by atoms with Crippen LogP contribution in [0.15, 0.2) is 85.1 Å². The Morgan fingerprint density at radius 2 is 0.762 bits per heavy atom. The Labute approximate surface area is 497 Å². The molecule has 9 heteroatoms. The van der Waals surface area contributed by atoms with E-state index in [4.69, 9.17) is 9.05 Å². The van der Waals surface area contributed by atoms with Crippen molar-refractivity contribution in [3.63, 3.8) is 0 Å². The van der Waals surface area contributed by atoms with E-state index in [-0.39, 0.29) is 19.1 Å². The number of unbranched alkanes of at least 4 members (excludes halogenated alkanes) is 37. The molecule has 0 heterocycles. The van der Waals surface area contributed by atoms with E-state index in [2.05, 4.69) is 92.1 Å². The number of carbonyl (C=O) groups is 1. The maximum absolute atomic E-state index is 13.0. The number of nitrogens with one attached hydrogen (secondary N) is 1. The van der Waals surface area contributed by atoms with E-state index < -0.39 is 20.0 Å². The molecule has 1 amide bonds. The molecule has 0 saturated carbocycles. The summed E-state index contributed by atoms with van der Waals surface area (Å²) >= 11 is 0. The molecule has 0 fully saturated rings. The van der Waals surface area contributed by atoms with Crippen LogP contribution < -0.4 is 5.32 Å². The third kappa shape index (κ3) is 63.3. The van der Waals surface area contributed by atoms with Crippen molar-refractivity contribution in [2.24, 2.45) is 0 Å². The largest absolute Gasteiger partial charge is 0.472 e. The summed E-state index contributed by atoms with van der Waals surface area (Å²) in [5.41, 5.74) is 0. The number of nitrogens with zero attached hydrogens (tertiary/aromatic N) is 1. The summed E-state index contributed by atoms with van der Waals surface area (Å²) in [6.45, 7) is 4.71. The second kappa shape index (κ2) is 61.2. The van der Waals surface area contributed by atoms with Gasteiger partial charge in [0.15, 0.2) is 0 Å². The number of phosphoric ester groups is 1. The Morgan fingerprint density at radius 3 is 1.15 bits per heavy atom. The summed E-state index contributed by atoms with van der Waals surface area (Å²) in [4.78, 5) is 23.4. The van der Waals surface area contributed by atoms with Gasteiger partial charge in [0.25, 0.3) is 0 Å².